The minimum absolute atomic E-state index is 0.0175. The van der Waals surface area contributed by atoms with Crippen molar-refractivity contribution in [1.29, 1.82) is 0 Å². The zero-order chi connectivity index (χ0) is 13.2. The van der Waals surface area contributed by atoms with Crippen LogP contribution < -0.4 is 0 Å². The molecule has 0 bridgehead atoms. The molecular weight excluding hydrogens is 260 g/mol. The van der Waals surface area contributed by atoms with Gasteiger partial charge in [-0.2, -0.15) is 0 Å². The standard InChI is InChI=1S/C15H15ClN2O/c16-12-5-3-9-18(10-12)15(19)14-8-7-11-4-1-2-6-13(11)17-14/h1-2,4,6-8,12H,3,5,9-10H2. The van der Waals surface area contributed by atoms with Crippen molar-refractivity contribution in [2.24, 2.45) is 0 Å². The van der Waals surface area contributed by atoms with E-state index in [-0.39, 0.29) is 11.3 Å². The third-order valence-electron chi connectivity index (χ3n) is 3.47. The summed E-state index contributed by atoms with van der Waals surface area (Å²) < 4.78 is 0. The predicted octanol–water partition coefficient (Wildman–Crippen LogP) is 3.08. The predicted molar refractivity (Wildman–Crippen MR) is 76.5 cm³/mol. The summed E-state index contributed by atoms with van der Waals surface area (Å²) in [5.41, 5.74) is 1.36. The number of likely N-dealkylation sites (tertiary alicyclic amines) is 1. The highest BCUT2D eigenvalue weighted by Gasteiger charge is 2.23. The Hall–Kier alpha value is -1.61. The molecule has 1 aliphatic rings. The highest BCUT2D eigenvalue weighted by Crippen LogP contribution is 2.18. The molecule has 98 valence electrons. The van der Waals surface area contributed by atoms with Gasteiger partial charge in [0.25, 0.3) is 5.91 Å². The number of aromatic nitrogens is 1. The van der Waals surface area contributed by atoms with Gasteiger partial charge in [-0.3, -0.25) is 4.79 Å². The average Bonchev–Trinajstić information content (AvgIpc) is 2.46. The van der Waals surface area contributed by atoms with Gasteiger partial charge in [0, 0.05) is 18.5 Å². The number of fused-ring (bicyclic) bond motifs is 1. The fourth-order valence-corrected chi connectivity index (χ4v) is 2.78. The Morgan fingerprint density at radius 1 is 1.26 bits per heavy atom. The van der Waals surface area contributed by atoms with E-state index < -0.39 is 0 Å². The lowest BCUT2D eigenvalue weighted by molar-refractivity contribution is 0.0721. The Morgan fingerprint density at radius 2 is 2.11 bits per heavy atom. The highest BCUT2D eigenvalue weighted by molar-refractivity contribution is 6.21. The first-order valence-electron chi connectivity index (χ1n) is 6.53. The summed E-state index contributed by atoms with van der Waals surface area (Å²) in [6.45, 7) is 1.39. The monoisotopic (exact) mass is 274 g/mol. The molecular formula is C15H15ClN2O. The molecule has 2 aromatic rings. The zero-order valence-corrected chi connectivity index (χ0v) is 11.3. The number of para-hydroxylation sites is 1. The van der Waals surface area contributed by atoms with Crippen molar-refractivity contribution in [3.8, 4) is 0 Å². The lowest BCUT2D eigenvalue weighted by Gasteiger charge is -2.29. The number of halogens is 1. The maximum absolute atomic E-state index is 12.4. The molecule has 1 atom stereocenters. The van der Waals surface area contributed by atoms with Crippen molar-refractivity contribution in [2.75, 3.05) is 13.1 Å². The van der Waals surface area contributed by atoms with Crippen LogP contribution >= 0.6 is 11.6 Å². The molecule has 1 aliphatic heterocycles. The van der Waals surface area contributed by atoms with Gasteiger partial charge in [-0.15, -0.1) is 11.6 Å². The van der Waals surface area contributed by atoms with Gasteiger partial charge in [0.2, 0.25) is 0 Å². The number of benzene rings is 1. The van der Waals surface area contributed by atoms with Gasteiger partial charge in [0.15, 0.2) is 0 Å². The number of carbonyl (C=O) groups is 1. The van der Waals surface area contributed by atoms with Crippen molar-refractivity contribution in [3.05, 3.63) is 42.1 Å². The molecule has 1 fully saturated rings. The van der Waals surface area contributed by atoms with E-state index >= 15 is 0 Å². The SMILES string of the molecule is O=C(c1ccc2ccccc2n1)N1CCCC(Cl)C1. The molecule has 0 spiro atoms. The fourth-order valence-electron chi connectivity index (χ4n) is 2.46. The number of alkyl halides is 1. The molecule has 3 rings (SSSR count). The van der Waals surface area contributed by atoms with Crippen LogP contribution in [0.5, 0.6) is 0 Å². The number of carbonyl (C=O) groups excluding carboxylic acids is 1. The van der Waals surface area contributed by atoms with E-state index in [1.54, 1.807) is 11.0 Å². The van der Waals surface area contributed by atoms with E-state index in [1.165, 1.54) is 0 Å². The molecule has 1 saturated heterocycles. The minimum atomic E-state index is -0.0175. The zero-order valence-electron chi connectivity index (χ0n) is 10.6. The van der Waals surface area contributed by atoms with Crippen LogP contribution in [0.3, 0.4) is 0 Å². The van der Waals surface area contributed by atoms with Gasteiger partial charge >= 0.3 is 0 Å². The second-order valence-corrected chi connectivity index (χ2v) is 5.50. The summed E-state index contributed by atoms with van der Waals surface area (Å²) >= 11 is 6.12. The maximum Gasteiger partial charge on any atom is 0.272 e. The number of nitrogens with zero attached hydrogens (tertiary/aromatic N) is 2. The molecule has 1 amide bonds. The second-order valence-electron chi connectivity index (χ2n) is 4.88. The van der Waals surface area contributed by atoms with Crippen LogP contribution in [-0.4, -0.2) is 34.3 Å². The van der Waals surface area contributed by atoms with E-state index in [1.807, 2.05) is 30.3 Å². The first-order chi connectivity index (χ1) is 9.24. The van der Waals surface area contributed by atoms with Gasteiger partial charge < -0.3 is 4.90 Å². The van der Waals surface area contributed by atoms with E-state index in [4.69, 9.17) is 11.6 Å². The van der Waals surface area contributed by atoms with Crippen molar-refractivity contribution in [2.45, 2.75) is 18.2 Å². The number of pyridine rings is 1. The number of rotatable bonds is 1. The molecule has 4 heteroatoms. The Balaban J connectivity index is 1.88. The van der Waals surface area contributed by atoms with Gasteiger partial charge in [-0.05, 0) is 25.0 Å². The van der Waals surface area contributed by atoms with E-state index in [0.29, 0.717) is 12.2 Å². The Bertz CT molecular complexity index is 614. The van der Waals surface area contributed by atoms with Gasteiger partial charge in [0.05, 0.1) is 10.9 Å². The largest absolute Gasteiger partial charge is 0.336 e. The van der Waals surface area contributed by atoms with Crippen LogP contribution in [0, 0.1) is 0 Å². The van der Waals surface area contributed by atoms with Crippen LogP contribution in [0.25, 0.3) is 10.9 Å². The summed E-state index contributed by atoms with van der Waals surface area (Å²) in [6.07, 6.45) is 1.95. The minimum Gasteiger partial charge on any atom is -0.336 e. The molecule has 1 aromatic carbocycles. The first kappa shape index (κ1) is 12.4. The number of amides is 1. The summed E-state index contributed by atoms with van der Waals surface area (Å²) in [5, 5.41) is 1.12. The summed E-state index contributed by atoms with van der Waals surface area (Å²) in [6, 6.07) is 11.5. The van der Waals surface area contributed by atoms with E-state index in [9.17, 15) is 4.79 Å². The number of piperidine rings is 1. The third kappa shape index (κ3) is 2.56. The molecule has 0 radical (unpaired) electrons. The first-order valence-corrected chi connectivity index (χ1v) is 6.97. The van der Waals surface area contributed by atoms with Gasteiger partial charge in [-0.25, -0.2) is 4.98 Å². The van der Waals surface area contributed by atoms with Crippen molar-refractivity contribution in [1.82, 2.24) is 9.88 Å². The van der Waals surface area contributed by atoms with Crippen LogP contribution in [0.4, 0.5) is 0 Å². The van der Waals surface area contributed by atoms with Crippen LogP contribution in [0.1, 0.15) is 23.3 Å². The van der Waals surface area contributed by atoms with Gasteiger partial charge in [-0.1, -0.05) is 24.3 Å². The molecule has 19 heavy (non-hydrogen) atoms. The topological polar surface area (TPSA) is 33.2 Å². The highest BCUT2D eigenvalue weighted by atomic mass is 35.5. The summed E-state index contributed by atoms with van der Waals surface area (Å²) in [5.74, 6) is -0.0175. The van der Waals surface area contributed by atoms with Crippen molar-refractivity contribution in [3.63, 3.8) is 0 Å². The van der Waals surface area contributed by atoms with Gasteiger partial charge in [0.1, 0.15) is 5.69 Å². The van der Waals surface area contributed by atoms with Crippen molar-refractivity contribution >= 4 is 28.4 Å². The molecule has 3 nitrogen and oxygen atoms in total. The Kier molecular flexibility index (Phi) is 3.38. The van der Waals surface area contributed by atoms with Crippen molar-refractivity contribution < 1.29 is 4.79 Å². The molecule has 0 N–H and O–H groups in total. The lowest BCUT2D eigenvalue weighted by atomic mass is 10.1. The number of hydrogen-bond donors (Lipinski definition) is 0. The Morgan fingerprint density at radius 3 is 2.95 bits per heavy atom. The average molecular weight is 275 g/mol. The fraction of sp³-hybridized carbons (Fsp3) is 0.333. The van der Waals surface area contributed by atoms with Crippen LogP contribution in [-0.2, 0) is 0 Å². The normalized spacial score (nSPS) is 19.6. The lowest BCUT2D eigenvalue weighted by Crippen LogP contribution is -2.40. The molecule has 1 unspecified atom stereocenters. The summed E-state index contributed by atoms with van der Waals surface area (Å²) in [4.78, 5) is 18.6. The molecule has 0 saturated carbocycles. The molecule has 2 heterocycles. The molecule has 0 aliphatic carbocycles. The van der Waals surface area contributed by atoms with E-state index in [2.05, 4.69) is 4.98 Å². The van der Waals surface area contributed by atoms with E-state index in [0.717, 1.165) is 30.3 Å². The third-order valence-corrected chi connectivity index (χ3v) is 3.82. The van der Waals surface area contributed by atoms with Crippen LogP contribution in [0.15, 0.2) is 36.4 Å². The quantitative estimate of drug-likeness (QED) is 0.749. The number of hydrogen-bond acceptors (Lipinski definition) is 2. The molecule has 1 aromatic heterocycles. The summed E-state index contributed by atoms with van der Waals surface area (Å²) in [7, 11) is 0. The Labute approximate surface area is 117 Å². The maximum atomic E-state index is 12.4. The van der Waals surface area contributed by atoms with Crippen LogP contribution in [0.2, 0.25) is 0 Å². The smallest absolute Gasteiger partial charge is 0.272 e. The second kappa shape index (κ2) is 5.17.